The number of ether oxygens (including phenoxy) is 8. The van der Waals surface area contributed by atoms with Gasteiger partial charge in [0.15, 0.2) is 0 Å². The van der Waals surface area contributed by atoms with Crippen LogP contribution in [0.1, 0.15) is 13.3 Å². The zero-order chi connectivity index (χ0) is 38.2. The molecule has 20 heteroatoms. The van der Waals surface area contributed by atoms with Gasteiger partial charge in [-0.1, -0.05) is 0 Å². The van der Waals surface area contributed by atoms with Crippen LogP contribution in [0.2, 0.25) is 0 Å². The van der Waals surface area contributed by atoms with Gasteiger partial charge in [0.2, 0.25) is 23.6 Å². The lowest BCUT2D eigenvalue weighted by Crippen LogP contribution is -2.56. The van der Waals surface area contributed by atoms with Gasteiger partial charge in [-0.15, -0.1) is 0 Å². The summed E-state index contributed by atoms with van der Waals surface area (Å²) in [7, 11) is 1.62. The molecule has 0 radical (unpaired) electrons. The molecule has 0 aromatic heterocycles. The van der Waals surface area contributed by atoms with E-state index in [1.807, 2.05) is 0 Å². The molecule has 1 heterocycles. The molecule has 296 valence electrons. The fraction of sp³-hybridized carbons (Fsp3) is 0.719. The quantitative estimate of drug-likeness (QED) is 0.0369. The highest BCUT2D eigenvalue weighted by Crippen LogP contribution is 2.09. The molecule has 1 aliphatic rings. The second-order valence-electron chi connectivity index (χ2n) is 10.7. The van der Waals surface area contributed by atoms with E-state index in [-0.39, 0.29) is 38.6 Å². The van der Waals surface area contributed by atoms with Gasteiger partial charge in [-0.05, 0) is 6.92 Å². The number of carbonyl (C=O) groups is 7. The van der Waals surface area contributed by atoms with E-state index in [1.54, 1.807) is 7.11 Å². The molecule has 0 saturated carbocycles. The molecule has 1 atom stereocenters. The van der Waals surface area contributed by atoms with E-state index in [2.05, 4.69) is 21.3 Å². The van der Waals surface area contributed by atoms with Crippen LogP contribution in [0.4, 0.5) is 0 Å². The molecule has 6 amide bonds. The second kappa shape index (κ2) is 30.7. The van der Waals surface area contributed by atoms with Gasteiger partial charge in [-0.3, -0.25) is 38.5 Å². The Morgan fingerprint density at radius 2 is 0.923 bits per heavy atom. The normalized spacial score (nSPS) is 12.9. The Hall–Kier alpha value is -3.89. The summed E-state index contributed by atoms with van der Waals surface area (Å²) < 4.78 is 42.6. The molecular formula is C32H53N5O15. The van der Waals surface area contributed by atoms with Crippen LogP contribution < -0.4 is 21.3 Å². The summed E-state index contributed by atoms with van der Waals surface area (Å²) in [5.41, 5.74) is 0. The predicted octanol–water partition coefficient (Wildman–Crippen LogP) is -3.51. The van der Waals surface area contributed by atoms with Crippen LogP contribution in [0.5, 0.6) is 0 Å². The van der Waals surface area contributed by atoms with Crippen LogP contribution in [-0.4, -0.2) is 185 Å². The molecule has 1 rings (SSSR count). The van der Waals surface area contributed by atoms with Crippen molar-refractivity contribution < 1.29 is 71.5 Å². The number of nitrogens with zero attached hydrogens (tertiary/aromatic N) is 1. The Kier molecular flexibility index (Phi) is 27.2. The first-order valence-corrected chi connectivity index (χ1v) is 16.8. The van der Waals surface area contributed by atoms with Crippen molar-refractivity contribution in [3.05, 3.63) is 12.2 Å². The molecule has 0 aromatic carbocycles. The van der Waals surface area contributed by atoms with Crippen molar-refractivity contribution in [3.8, 4) is 0 Å². The van der Waals surface area contributed by atoms with Gasteiger partial charge in [0.1, 0.15) is 11.8 Å². The summed E-state index contributed by atoms with van der Waals surface area (Å²) in [6, 6.07) is -1.44. The number of imide groups is 1. The van der Waals surface area contributed by atoms with E-state index >= 15 is 0 Å². The van der Waals surface area contributed by atoms with E-state index in [0.717, 1.165) is 12.2 Å². The molecule has 4 N–H and O–H groups in total. The van der Waals surface area contributed by atoms with Crippen molar-refractivity contribution in [2.45, 2.75) is 19.4 Å². The van der Waals surface area contributed by atoms with E-state index in [4.69, 9.17) is 37.9 Å². The number of carbonyl (C=O) groups excluding carboxylic acids is 7. The molecule has 0 spiro atoms. The summed E-state index contributed by atoms with van der Waals surface area (Å²) in [5.74, 6) is -4.53. The van der Waals surface area contributed by atoms with Crippen molar-refractivity contribution >= 4 is 41.2 Å². The number of ketones is 1. The minimum atomic E-state index is -1.44. The monoisotopic (exact) mass is 747 g/mol. The van der Waals surface area contributed by atoms with Gasteiger partial charge in [-0.2, -0.15) is 0 Å². The average molecular weight is 748 g/mol. The molecule has 20 nitrogen and oxygen atoms in total. The molecule has 0 saturated heterocycles. The number of Topliss-reactive ketones (excluding diaryl/α,β-unsaturated/α-hetero) is 1. The van der Waals surface area contributed by atoms with Crippen LogP contribution in [0.15, 0.2) is 12.2 Å². The van der Waals surface area contributed by atoms with Gasteiger partial charge in [0.05, 0.1) is 119 Å². The lowest BCUT2D eigenvalue weighted by atomic mass is 10.2. The van der Waals surface area contributed by atoms with Gasteiger partial charge in [0, 0.05) is 32.2 Å². The summed E-state index contributed by atoms with van der Waals surface area (Å²) >= 11 is 0. The average Bonchev–Trinajstić information content (AvgIpc) is 3.45. The van der Waals surface area contributed by atoms with Crippen molar-refractivity contribution in [3.63, 3.8) is 0 Å². The molecule has 1 aliphatic heterocycles. The maximum atomic E-state index is 12.8. The van der Waals surface area contributed by atoms with E-state index < -0.39 is 61.1 Å². The Bertz CT molecular complexity index is 1110. The van der Waals surface area contributed by atoms with Crippen LogP contribution in [0, 0.1) is 0 Å². The number of nitrogens with one attached hydrogen (secondary N) is 4. The number of hydrogen-bond donors (Lipinski definition) is 4. The highest BCUT2D eigenvalue weighted by atomic mass is 16.6. The van der Waals surface area contributed by atoms with Gasteiger partial charge >= 0.3 is 0 Å². The topological polar surface area (TPSA) is 245 Å². The molecule has 1 unspecified atom stereocenters. The maximum absolute atomic E-state index is 12.8. The SMILES string of the molecule is COCCOCCOCCOCCOCCOCCOCCOCCC(=O)NCC(C(=O)NCC(=O)NCC(=O)NCC(C)=O)N1C(=O)C=CC1=O. The lowest BCUT2D eigenvalue weighted by molar-refractivity contribution is -0.146. The van der Waals surface area contributed by atoms with E-state index in [9.17, 15) is 33.6 Å². The Labute approximate surface area is 302 Å². The first-order valence-electron chi connectivity index (χ1n) is 16.8. The van der Waals surface area contributed by atoms with Gasteiger partial charge in [-0.25, -0.2) is 0 Å². The summed E-state index contributed by atoms with van der Waals surface area (Å²) in [6.07, 6.45) is 1.89. The highest BCUT2D eigenvalue weighted by molar-refractivity contribution is 6.15. The molecule has 52 heavy (non-hydrogen) atoms. The second-order valence-corrected chi connectivity index (χ2v) is 10.7. The zero-order valence-corrected chi connectivity index (χ0v) is 29.9. The summed E-state index contributed by atoms with van der Waals surface area (Å²) in [4.78, 5) is 84.8. The number of amides is 6. The molecule has 0 aromatic rings. The van der Waals surface area contributed by atoms with Crippen LogP contribution in [0.3, 0.4) is 0 Å². The lowest BCUT2D eigenvalue weighted by Gasteiger charge is -2.25. The van der Waals surface area contributed by atoms with Crippen molar-refractivity contribution in [2.75, 3.05) is 132 Å². The first-order chi connectivity index (χ1) is 25.1. The minimum Gasteiger partial charge on any atom is -0.382 e. The van der Waals surface area contributed by atoms with Crippen molar-refractivity contribution in [1.82, 2.24) is 26.2 Å². The van der Waals surface area contributed by atoms with Crippen LogP contribution in [-0.2, 0) is 71.5 Å². The number of hydrogen-bond acceptors (Lipinski definition) is 15. The van der Waals surface area contributed by atoms with Gasteiger partial charge < -0.3 is 59.2 Å². The number of rotatable bonds is 34. The van der Waals surface area contributed by atoms with Crippen LogP contribution in [0.25, 0.3) is 0 Å². The minimum absolute atomic E-state index is 0.0458. The zero-order valence-electron chi connectivity index (χ0n) is 29.9. The maximum Gasteiger partial charge on any atom is 0.254 e. The molecule has 0 bridgehead atoms. The summed E-state index contributed by atoms with van der Waals surface area (Å²) in [6.45, 7) is 5.69. The Morgan fingerprint density at radius 1 is 0.538 bits per heavy atom. The fourth-order valence-corrected chi connectivity index (χ4v) is 3.86. The third-order valence-corrected chi connectivity index (χ3v) is 6.49. The Balaban J connectivity index is 2.09. The summed E-state index contributed by atoms with van der Waals surface area (Å²) in [5, 5.41) is 9.32. The third-order valence-electron chi connectivity index (χ3n) is 6.49. The smallest absolute Gasteiger partial charge is 0.254 e. The largest absolute Gasteiger partial charge is 0.382 e. The van der Waals surface area contributed by atoms with Crippen molar-refractivity contribution in [1.29, 1.82) is 0 Å². The standard InChI is InChI=1S/C32H53N5O15/c1-25(38)21-33-28(40)23-35-29(41)24-36-32(44)26(37-30(42)3-4-31(37)43)22-34-27(39)5-6-46-9-10-48-13-14-50-17-18-52-20-19-51-16-15-49-12-11-47-8-7-45-2/h3-4,26H,5-24H2,1-2H3,(H,33,40)(H,34,39)(H,35,41)(H,36,44). The first kappa shape index (κ1) is 46.1. The molecule has 0 aliphatic carbocycles. The molecule has 0 fully saturated rings. The third kappa shape index (κ3) is 24.3. The van der Waals surface area contributed by atoms with Crippen LogP contribution >= 0.6 is 0 Å². The van der Waals surface area contributed by atoms with E-state index in [0.29, 0.717) is 84.2 Å². The van der Waals surface area contributed by atoms with Gasteiger partial charge in [0.25, 0.3) is 11.8 Å². The Morgan fingerprint density at radius 3 is 1.35 bits per heavy atom. The van der Waals surface area contributed by atoms with Crippen molar-refractivity contribution in [2.24, 2.45) is 0 Å². The number of methoxy groups -OCH3 is 1. The predicted molar refractivity (Wildman–Crippen MR) is 180 cm³/mol. The fourth-order valence-electron chi connectivity index (χ4n) is 3.86. The highest BCUT2D eigenvalue weighted by Gasteiger charge is 2.36. The molecular weight excluding hydrogens is 694 g/mol. The van der Waals surface area contributed by atoms with E-state index in [1.165, 1.54) is 6.92 Å².